The van der Waals surface area contributed by atoms with Crippen LogP contribution in [0.5, 0.6) is 11.5 Å². The summed E-state index contributed by atoms with van der Waals surface area (Å²) in [6, 6.07) is 16.3. The van der Waals surface area contributed by atoms with Crippen LogP contribution in [0.25, 0.3) is 17.5 Å². The second kappa shape index (κ2) is 9.91. The lowest BCUT2D eigenvalue weighted by Gasteiger charge is -2.24. The molecule has 0 amide bonds. The smallest absolute Gasteiger partial charge is 0.338 e. The predicted octanol–water partition coefficient (Wildman–Crippen LogP) is 1.92. The minimum absolute atomic E-state index is 0.00741. The van der Waals surface area contributed by atoms with Crippen LogP contribution >= 0.6 is 11.3 Å². The number of allylic oxidation sites excluding steroid dienone is 1. The number of hydrogen-bond acceptors (Lipinski definition) is 8. The minimum atomic E-state index is -0.795. The van der Waals surface area contributed by atoms with Gasteiger partial charge in [-0.1, -0.05) is 24.3 Å². The van der Waals surface area contributed by atoms with E-state index in [1.165, 1.54) is 4.57 Å². The summed E-state index contributed by atoms with van der Waals surface area (Å²) in [6.07, 6.45) is 1.71. The van der Waals surface area contributed by atoms with E-state index in [2.05, 4.69) is 6.07 Å². The first-order chi connectivity index (χ1) is 16.9. The lowest BCUT2D eigenvalue weighted by molar-refractivity contribution is -0.136. The third kappa shape index (κ3) is 4.32. The maximum absolute atomic E-state index is 13.4. The molecule has 4 rings (SSSR count). The standard InChI is InChI=1S/C26H23N3O5S/c1-4-34-26(31)22-21(16-7-11-18(33-3)12-8-16)19(14-27)23(28)29-24(30)20(35-25(22)29)13-15-5-9-17(32-2)10-6-15/h5-13,21H,4,28H2,1-3H3/b20-13-. The summed E-state index contributed by atoms with van der Waals surface area (Å²) in [7, 11) is 3.13. The Hall–Kier alpha value is -4.29. The highest BCUT2D eigenvalue weighted by molar-refractivity contribution is 7.07. The molecule has 1 aliphatic rings. The van der Waals surface area contributed by atoms with Crippen LogP contribution < -0.4 is 30.0 Å². The SMILES string of the molecule is CCOC(=O)C1=c2s/c(=C\c3ccc(OC)cc3)c(=O)n2C(N)=C(C#N)C1c1ccc(OC)cc1. The van der Waals surface area contributed by atoms with E-state index in [0.29, 0.717) is 26.3 Å². The lowest BCUT2D eigenvalue weighted by Crippen LogP contribution is -2.40. The number of methoxy groups -OCH3 is 2. The average molecular weight is 490 g/mol. The molecule has 0 bridgehead atoms. The van der Waals surface area contributed by atoms with Gasteiger partial charge in [-0.15, -0.1) is 11.3 Å². The van der Waals surface area contributed by atoms with Gasteiger partial charge in [0.15, 0.2) is 0 Å². The van der Waals surface area contributed by atoms with E-state index >= 15 is 0 Å². The first-order valence-electron chi connectivity index (χ1n) is 10.8. The maximum atomic E-state index is 13.4. The van der Waals surface area contributed by atoms with Crippen LogP contribution in [0, 0.1) is 11.3 Å². The van der Waals surface area contributed by atoms with Gasteiger partial charge in [0.05, 0.1) is 48.5 Å². The number of aromatic nitrogens is 1. The molecule has 0 fully saturated rings. The first kappa shape index (κ1) is 23.9. The molecule has 2 heterocycles. The van der Waals surface area contributed by atoms with Gasteiger partial charge >= 0.3 is 5.97 Å². The summed E-state index contributed by atoms with van der Waals surface area (Å²) in [4.78, 5) is 26.6. The largest absolute Gasteiger partial charge is 0.497 e. The summed E-state index contributed by atoms with van der Waals surface area (Å²) in [6.45, 7) is 1.84. The molecule has 178 valence electrons. The number of nitrogens with zero attached hydrogens (tertiary/aromatic N) is 2. The fraction of sp³-hybridized carbons (Fsp3) is 0.192. The Kier molecular flexibility index (Phi) is 6.75. The molecular weight excluding hydrogens is 466 g/mol. The molecule has 2 N–H and O–H groups in total. The number of carbonyl (C=O) groups is 1. The molecule has 0 spiro atoms. The number of benzene rings is 2. The maximum Gasteiger partial charge on any atom is 0.338 e. The number of esters is 1. The summed E-state index contributed by atoms with van der Waals surface area (Å²) < 4.78 is 17.7. The average Bonchev–Trinajstić information content (AvgIpc) is 3.20. The Balaban J connectivity index is 2.03. The van der Waals surface area contributed by atoms with Crippen molar-refractivity contribution in [3.05, 3.63) is 84.8 Å². The fourth-order valence-corrected chi connectivity index (χ4v) is 5.10. The molecule has 1 atom stereocenters. The van der Waals surface area contributed by atoms with E-state index in [1.54, 1.807) is 63.6 Å². The van der Waals surface area contributed by atoms with Gasteiger partial charge in [0.1, 0.15) is 22.0 Å². The first-order valence-corrected chi connectivity index (χ1v) is 11.6. The van der Waals surface area contributed by atoms with Gasteiger partial charge in [-0.25, -0.2) is 4.79 Å². The molecule has 0 saturated carbocycles. The molecule has 8 nitrogen and oxygen atoms in total. The molecule has 0 aliphatic carbocycles. The van der Waals surface area contributed by atoms with Crippen molar-refractivity contribution in [3.63, 3.8) is 0 Å². The number of carbonyl (C=O) groups excluding carboxylic acids is 1. The molecule has 3 aromatic rings. The van der Waals surface area contributed by atoms with Crippen LogP contribution in [0.4, 0.5) is 0 Å². The zero-order valence-corrected chi connectivity index (χ0v) is 20.2. The van der Waals surface area contributed by atoms with Gasteiger partial charge in [0.25, 0.3) is 5.56 Å². The third-order valence-electron chi connectivity index (χ3n) is 5.63. The van der Waals surface area contributed by atoms with E-state index in [4.69, 9.17) is 19.9 Å². The zero-order chi connectivity index (χ0) is 25.1. The van der Waals surface area contributed by atoms with Crippen molar-refractivity contribution >= 4 is 34.8 Å². The minimum Gasteiger partial charge on any atom is -0.497 e. The fourth-order valence-electron chi connectivity index (χ4n) is 3.93. The summed E-state index contributed by atoms with van der Waals surface area (Å²) in [5, 5.41) is 10.0. The number of ether oxygens (including phenoxy) is 3. The van der Waals surface area contributed by atoms with E-state index in [1.807, 2.05) is 12.1 Å². The van der Waals surface area contributed by atoms with E-state index in [9.17, 15) is 14.9 Å². The van der Waals surface area contributed by atoms with Crippen molar-refractivity contribution in [2.75, 3.05) is 20.8 Å². The van der Waals surface area contributed by atoms with Crippen molar-refractivity contribution in [2.24, 2.45) is 5.73 Å². The second-order valence-corrected chi connectivity index (χ2v) is 8.61. The molecule has 9 heteroatoms. The van der Waals surface area contributed by atoms with Gasteiger partial charge in [0, 0.05) is 0 Å². The second-order valence-electron chi connectivity index (χ2n) is 7.58. The number of thiazole rings is 1. The van der Waals surface area contributed by atoms with Crippen molar-refractivity contribution in [3.8, 4) is 17.6 Å². The van der Waals surface area contributed by atoms with Crippen molar-refractivity contribution in [1.29, 1.82) is 5.26 Å². The Bertz CT molecular complexity index is 1520. The Morgan fingerprint density at radius 1 is 1.11 bits per heavy atom. The van der Waals surface area contributed by atoms with E-state index in [0.717, 1.165) is 16.9 Å². The molecule has 0 radical (unpaired) electrons. The summed E-state index contributed by atoms with van der Waals surface area (Å²) in [5.41, 5.74) is 7.68. The highest BCUT2D eigenvalue weighted by atomic mass is 32.1. The third-order valence-corrected chi connectivity index (χ3v) is 6.73. The van der Waals surface area contributed by atoms with Crippen molar-refractivity contribution < 1.29 is 19.0 Å². The molecule has 35 heavy (non-hydrogen) atoms. The van der Waals surface area contributed by atoms with Crippen molar-refractivity contribution in [1.82, 2.24) is 4.57 Å². The van der Waals surface area contributed by atoms with Crippen LogP contribution in [-0.4, -0.2) is 31.4 Å². The number of rotatable bonds is 6. The molecule has 1 unspecified atom stereocenters. The van der Waals surface area contributed by atoms with Crippen LogP contribution in [0.15, 0.2) is 58.9 Å². The quantitative estimate of drug-likeness (QED) is 0.526. The molecule has 0 saturated heterocycles. The zero-order valence-electron chi connectivity index (χ0n) is 19.4. The highest BCUT2D eigenvalue weighted by Crippen LogP contribution is 2.37. The monoisotopic (exact) mass is 489 g/mol. The lowest BCUT2D eigenvalue weighted by atomic mass is 9.84. The highest BCUT2D eigenvalue weighted by Gasteiger charge is 2.36. The van der Waals surface area contributed by atoms with E-state index < -0.39 is 17.4 Å². The Labute approximate surface area is 205 Å². The topological polar surface area (TPSA) is 117 Å². The van der Waals surface area contributed by atoms with Gasteiger partial charge in [-0.05, 0) is 48.4 Å². The van der Waals surface area contributed by atoms with Crippen LogP contribution in [0.2, 0.25) is 0 Å². The van der Waals surface area contributed by atoms with Crippen molar-refractivity contribution in [2.45, 2.75) is 12.8 Å². The molecule has 1 aromatic heterocycles. The number of fused-ring (bicyclic) bond motifs is 1. The Morgan fingerprint density at radius 2 is 1.71 bits per heavy atom. The number of hydrogen-bond donors (Lipinski definition) is 1. The summed E-state index contributed by atoms with van der Waals surface area (Å²) >= 11 is 1.13. The normalized spacial score (nSPS) is 15.4. The number of nitrogens with two attached hydrogens (primary N) is 1. The predicted molar refractivity (Wildman–Crippen MR) is 133 cm³/mol. The molecular formula is C26H23N3O5S. The van der Waals surface area contributed by atoms with Gasteiger partial charge in [-0.3, -0.25) is 9.36 Å². The van der Waals surface area contributed by atoms with Gasteiger partial charge in [0.2, 0.25) is 0 Å². The van der Waals surface area contributed by atoms with Crippen LogP contribution in [0.3, 0.4) is 0 Å². The molecule has 1 aliphatic heterocycles. The number of nitriles is 1. The van der Waals surface area contributed by atoms with Gasteiger partial charge < -0.3 is 19.9 Å². The van der Waals surface area contributed by atoms with Gasteiger partial charge in [-0.2, -0.15) is 5.26 Å². The van der Waals surface area contributed by atoms with Crippen LogP contribution in [0.1, 0.15) is 24.0 Å². The van der Waals surface area contributed by atoms with Crippen LogP contribution in [-0.2, 0) is 9.53 Å². The molecule has 2 aromatic carbocycles. The Morgan fingerprint density at radius 3 is 2.26 bits per heavy atom. The van der Waals surface area contributed by atoms with E-state index in [-0.39, 0.29) is 23.6 Å². The summed E-state index contributed by atoms with van der Waals surface area (Å²) in [5.74, 6) is -0.0963.